The number of pyridine rings is 1. The van der Waals surface area contributed by atoms with Crippen molar-refractivity contribution < 1.29 is 0 Å². The molecule has 3 aromatic rings. The molecule has 0 aliphatic carbocycles. The van der Waals surface area contributed by atoms with E-state index in [0.717, 1.165) is 35.8 Å². The summed E-state index contributed by atoms with van der Waals surface area (Å²) in [6.07, 6.45) is 2.54. The molecule has 0 radical (unpaired) electrons. The number of fused-ring (bicyclic) bond motifs is 1. The molecule has 4 heteroatoms. The van der Waals surface area contributed by atoms with Crippen molar-refractivity contribution in [2.75, 3.05) is 18.0 Å². The van der Waals surface area contributed by atoms with Gasteiger partial charge in [-0.1, -0.05) is 12.1 Å². The van der Waals surface area contributed by atoms with Gasteiger partial charge in [0.1, 0.15) is 0 Å². The van der Waals surface area contributed by atoms with Crippen LogP contribution in [-0.2, 0) is 0 Å². The van der Waals surface area contributed by atoms with Gasteiger partial charge in [0.2, 0.25) is 0 Å². The summed E-state index contributed by atoms with van der Waals surface area (Å²) in [5, 5.41) is 5.74. The number of para-hydroxylation sites is 1. The molecule has 2 aromatic heterocycles. The lowest BCUT2D eigenvalue weighted by Gasteiger charge is -2.19. The van der Waals surface area contributed by atoms with Crippen molar-refractivity contribution in [2.24, 2.45) is 0 Å². The highest BCUT2D eigenvalue weighted by atomic mass is 15.3. The van der Waals surface area contributed by atoms with Crippen LogP contribution in [0, 0.1) is 13.8 Å². The van der Waals surface area contributed by atoms with Crippen LogP contribution in [-0.4, -0.2) is 27.9 Å². The molecule has 0 N–H and O–H groups in total. The monoisotopic (exact) mass is 292 g/mol. The van der Waals surface area contributed by atoms with Crippen LogP contribution in [0.15, 0.2) is 36.4 Å². The van der Waals surface area contributed by atoms with Gasteiger partial charge in [0, 0.05) is 24.2 Å². The third-order valence-corrected chi connectivity index (χ3v) is 4.36. The summed E-state index contributed by atoms with van der Waals surface area (Å²) in [6, 6.07) is 12.7. The van der Waals surface area contributed by atoms with Crippen LogP contribution in [0.3, 0.4) is 0 Å². The molecule has 4 rings (SSSR count). The first kappa shape index (κ1) is 13.3. The van der Waals surface area contributed by atoms with Crippen LogP contribution in [0.2, 0.25) is 0 Å². The van der Waals surface area contributed by atoms with Crippen molar-refractivity contribution in [3.63, 3.8) is 0 Å². The van der Waals surface area contributed by atoms with Gasteiger partial charge < -0.3 is 4.90 Å². The molecular weight excluding hydrogens is 272 g/mol. The fraction of sp³-hybridized carbons (Fsp3) is 0.333. The smallest absolute Gasteiger partial charge is 0.154 e. The van der Waals surface area contributed by atoms with Crippen molar-refractivity contribution >= 4 is 16.6 Å². The Labute approximate surface area is 130 Å². The molecule has 1 aliphatic rings. The molecule has 1 aliphatic heterocycles. The molecule has 112 valence electrons. The Morgan fingerprint density at radius 1 is 1.00 bits per heavy atom. The van der Waals surface area contributed by atoms with E-state index >= 15 is 0 Å². The quantitative estimate of drug-likeness (QED) is 0.723. The molecule has 1 aromatic carbocycles. The van der Waals surface area contributed by atoms with E-state index in [4.69, 9.17) is 4.98 Å². The summed E-state index contributed by atoms with van der Waals surface area (Å²) in [4.78, 5) is 7.37. The van der Waals surface area contributed by atoms with Crippen LogP contribution in [0.5, 0.6) is 0 Å². The Morgan fingerprint density at radius 2 is 1.82 bits per heavy atom. The van der Waals surface area contributed by atoms with E-state index in [1.165, 1.54) is 23.9 Å². The number of hydrogen-bond acceptors (Lipinski definition) is 3. The summed E-state index contributed by atoms with van der Waals surface area (Å²) in [5.41, 5.74) is 4.46. The normalized spacial score (nSPS) is 14.9. The van der Waals surface area contributed by atoms with Crippen molar-refractivity contribution in [1.29, 1.82) is 0 Å². The second kappa shape index (κ2) is 5.13. The molecule has 0 unspecified atom stereocenters. The van der Waals surface area contributed by atoms with Gasteiger partial charge in [-0.3, -0.25) is 0 Å². The van der Waals surface area contributed by atoms with Crippen LogP contribution >= 0.6 is 0 Å². The van der Waals surface area contributed by atoms with Gasteiger partial charge in [0.15, 0.2) is 5.82 Å². The van der Waals surface area contributed by atoms with Gasteiger partial charge in [-0.25, -0.2) is 9.67 Å². The van der Waals surface area contributed by atoms with Crippen molar-refractivity contribution in [3.8, 4) is 5.82 Å². The number of nitrogens with zero attached hydrogens (tertiary/aromatic N) is 4. The molecule has 22 heavy (non-hydrogen) atoms. The number of anilines is 1. The molecular formula is C18H20N4. The maximum atomic E-state index is 4.92. The minimum Gasteiger partial charge on any atom is -0.370 e. The summed E-state index contributed by atoms with van der Waals surface area (Å²) < 4.78 is 1.93. The second-order valence-corrected chi connectivity index (χ2v) is 6.05. The number of hydrogen-bond donors (Lipinski definition) is 0. The maximum Gasteiger partial charge on any atom is 0.154 e. The summed E-state index contributed by atoms with van der Waals surface area (Å²) in [6.45, 7) is 6.34. The minimum atomic E-state index is 0.893. The molecule has 3 heterocycles. The number of rotatable bonds is 2. The molecule has 1 saturated heterocycles. The lowest BCUT2D eigenvalue weighted by atomic mass is 10.1. The van der Waals surface area contributed by atoms with E-state index in [9.17, 15) is 0 Å². The highest BCUT2D eigenvalue weighted by molar-refractivity contribution is 5.91. The summed E-state index contributed by atoms with van der Waals surface area (Å²) in [5.74, 6) is 0.893. The zero-order valence-electron chi connectivity index (χ0n) is 13.1. The lowest BCUT2D eigenvalue weighted by molar-refractivity contribution is 0.810. The first-order valence-electron chi connectivity index (χ1n) is 7.91. The fourth-order valence-electron chi connectivity index (χ4n) is 3.31. The average molecular weight is 292 g/mol. The van der Waals surface area contributed by atoms with Gasteiger partial charge in [-0.05, 0) is 51.0 Å². The molecule has 4 nitrogen and oxygen atoms in total. The first-order chi connectivity index (χ1) is 10.7. The molecule has 0 bridgehead atoms. The SMILES string of the molecule is Cc1cc(C)n(-c2ccc3cccc(N4CCCC4)c3n2)n1. The van der Waals surface area contributed by atoms with E-state index in [1.54, 1.807) is 0 Å². The molecule has 1 fully saturated rings. The van der Waals surface area contributed by atoms with Gasteiger partial charge >= 0.3 is 0 Å². The van der Waals surface area contributed by atoms with Gasteiger partial charge in [0.25, 0.3) is 0 Å². The maximum absolute atomic E-state index is 4.92. The van der Waals surface area contributed by atoms with E-state index in [-0.39, 0.29) is 0 Å². The van der Waals surface area contributed by atoms with E-state index in [1.807, 2.05) is 11.6 Å². The predicted octanol–water partition coefficient (Wildman–Crippen LogP) is 3.64. The van der Waals surface area contributed by atoms with E-state index in [0.29, 0.717) is 0 Å². The Bertz CT molecular complexity index is 828. The van der Waals surface area contributed by atoms with Gasteiger partial charge in [0.05, 0.1) is 16.9 Å². The molecule has 0 saturated carbocycles. The molecule has 0 spiro atoms. The Hall–Kier alpha value is -2.36. The molecule has 0 atom stereocenters. The highest BCUT2D eigenvalue weighted by Crippen LogP contribution is 2.29. The first-order valence-corrected chi connectivity index (χ1v) is 7.91. The van der Waals surface area contributed by atoms with Gasteiger partial charge in [-0.15, -0.1) is 0 Å². The minimum absolute atomic E-state index is 0.893. The predicted molar refractivity (Wildman–Crippen MR) is 89.8 cm³/mol. The van der Waals surface area contributed by atoms with Crippen molar-refractivity contribution in [3.05, 3.63) is 47.8 Å². The number of aromatic nitrogens is 3. The topological polar surface area (TPSA) is 34.0 Å². The van der Waals surface area contributed by atoms with E-state index < -0.39 is 0 Å². The zero-order valence-corrected chi connectivity index (χ0v) is 13.1. The average Bonchev–Trinajstić information content (AvgIpc) is 3.16. The molecule has 0 amide bonds. The van der Waals surface area contributed by atoms with Crippen LogP contribution in [0.25, 0.3) is 16.7 Å². The Kier molecular flexibility index (Phi) is 3.10. The Morgan fingerprint density at radius 3 is 2.55 bits per heavy atom. The third kappa shape index (κ3) is 2.15. The van der Waals surface area contributed by atoms with Crippen LogP contribution < -0.4 is 4.90 Å². The summed E-state index contributed by atoms with van der Waals surface area (Å²) in [7, 11) is 0. The second-order valence-electron chi connectivity index (χ2n) is 6.05. The zero-order chi connectivity index (χ0) is 15.1. The standard InChI is InChI=1S/C18H20N4/c1-13-12-14(2)22(20-13)17-9-8-15-6-5-7-16(18(15)19-17)21-10-3-4-11-21/h5-9,12H,3-4,10-11H2,1-2H3. The fourth-order valence-corrected chi connectivity index (χ4v) is 3.31. The van der Waals surface area contributed by atoms with Crippen molar-refractivity contribution in [1.82, 2.24) is 14.8 Å². The largest absolute Gasteiger partial charge is 0.370 e. The van der Waals surface area contributed by atoms with Gasteiger partial charge in [-0.2, -0.15) is 5.10 Å². The Balaban J connectivity index is 1.88. The number of aryl methyl sites for hydroxylation is 2. The lowest BCUT2D eigenvalue weighted by Crippen LogP contribution is -2.18. The van der Waals surface area contributed by atoms with E-state index in [2.05, 4.69) is 53.3 Å². The van der Waals surface area contributed by atoms with Crippen molar-refractivity contribution in [2.45, 2.75) is 26.7 Å². The van der Waals surface area contributed by atoms with Crippen LogP contribution in [0.4, 0.5) is 5.69 Å². The third-order valence-electron chi connectivity index (χ3n) is 4.36. The summed E-state index contributed by atoms with van der Waals surface area (Å²) >= 11 is 0. The number of benzene rings is 1. The highest BCUT2D eigenvalue weighted by Gasteiger charge is 2.16. The van der Waals surface area contributed by atoms with Crippen LogP contribution in [0.1, 0.15) is 24.2 Å².